The molecule has 3 nitrogen and oxygen atoms in total. The van der Waals surface area contributed by atoms with Crippen molar-refractivity contribution in [3.8, 4) is 0 Å². The molecule has 4 heteroatoms. The Balaban J connectivity index is 2.98. The molecular weight excluding hydrogens is 198 g/mol. The van der Waals surface area contributed by atoms with E-state index in [0.717, 1.165) is 24.2 Å². The standard InChI is InChI=1S/C10H16ClN3/c1-3-14-10(9(11)7-13-14)8(2)5-4-6-12/h5,7H,3-4,6,12H2,1-2H3. The Morgan fingerprint density at radius 3 is 3.00 bits per heavy atom. The molecule has 78 valence electrons. The van der Waals surface area contributed by atoms with E-state index in [9.17, 15) is 0 Å². The quantitative estimate of drug-likeness (QED) is 0.834. The van der Waals surface area contributed by atoms with E-state index in [1.807, 2.05) is 18.5 Å². The second-order valence-corrected chi connectivity index (χ2v) is 3.53. The second kappa shape index (κ2) is 5.17. The molecule has 0 amide bonds. The number of nitrogens with two attached hydrogens (primary N) is 1. The third-order valence-electron chi connectivity index (χ3n) is 2.09. The normalized spacial score (nSPS) is 12.1. The number of hydrogen-bond donors (Lipinski definition) is 1. The molecule has 1 aromatic heterocycles. The molecule has 1 heterocycles. The summed E-state index contributed by atoms with van der Waals surface area (Å²) in [6.07, 6.45) is 4.65. The topological polar surface area (TPSA) is 43.8 Å². The maximum atomic E-state index is 6.04. The summed E-state index contributed by atoms with van der Waals surface area (Å²) in [5.41, 5.74) is 7.58. The smallest absolute Gasteiger partial charge is 0.0862 e. The molecule has 0 bridgehead atoms. The van der Waals surface area contributed by atoms with Gasteiger partial charge in [-0.2, -0.15) is 5.10 Å². The van der Waals surface area contributed by atoms with Crippen LogP contribution in [0.1, 0.15) is 26.0 Å². The van der Waals surface area contributed by atoms with Gasteiger partial charge in [0.25, 0.3) is 0 Å². The van der Waals surface area contributed by atoms with E-state index in [0.29, 0.717) is 11.6 Å². The maximum Gasteiger partial charge on any atom is 0.0862 e. The Bertz CT molecular complexity index is 328. The average Bonchev–Trinajstić information content (AvgIpc) is 2.56. The second-order valence-electron chi connectivity index (χ2n) is 3.12. The van der Waals surface area contributed by atoms with Crippen molar-refractivity contribution in [3.63, 3.8) is 0 Å². The number of aryl methyl sites for hydroxylation is 1. The van der Waals surface area contributed by atoms with E-state index in [2.05, 4.69) is 11.2 Å². The van der Waals surface area contributed by atoms with Crippen molar-refractivity contribution in [1.29, 1.82) is 0 Å². The fourth-order valence-corrected chi connectivity index (χ4v) is 1.68. The van der Waals surface area contributed by atoms with Gasteiger partial charge in [0.2, 0.25) is 0 Å². The lowest BCUT2D eigenvalue weighted by molar-refractivity contribution is 0.651. The molecule has 0 saturated carbocycles. The number of allylic oxidation sites excluding steroid dienone is 1. The van der Waals surface area contributed by atoms with Gasteiger partial charge >= 0.3 is 0 Å². The molecular formula is C10H16ClN3. The first kappa shape index (κ1) is 11.3. The largest absolute Gasteiger partial charge is 0.330 e. The van der Waals surface area contributed by atoms with Crippen LogP contribution in [0, 0.1) is 0 Å². The third kappa shape index (κ3) is 2.36. The highest BCUT2D eigenvalue weighted by atomic mass is 35.5. The van der Waals surface area contributed by atoms with Gasteiger partial charge in [-0.25, -0.2) is 0 Å². The summed E-state index contributed by atoms with van der Waals surface area (Å²) >= 11 is 6.04. The zero-order chi connectivity index (χ0) is 10.6. The summed E-state index contributed by atoms with van der Waals surface area (Å²) in [6.45, 7) is 5.57. The van der Waals surface area contributed by atoms with Crippen LogP contribution in [0.15, 0.2) is 12.3 Å². The predicted molar refractivity (Wildman–Crippen MR) is 60.2 cm³/mol. The molecule has 0 atom stereocenters. The summed E-state index contributed by atoms with van der Waals surface area (Å²) in [6, 6.07) is 0. The Morgan fingerprint density at radius 2 is 2.43 bits per heavy atom. The molecule has 0 fully saturated rings. The van der Waals surface area contributed by atoms with E-state index in [1.54, 1.807) is 6.20 Å². The van der Waals surface area contributed by atoms with E-state index in [4.69, 9.17) is 17.3 Å². The Kier molecular flexibility index (Phi) is 4.17. The van der Waals surface area contributed by atoms with Crippen molar-refractivity contribution < 1.29 is 0 Å². The van der Waals surface area contributed by atoms with Crippen molar-refractivity contribution in [2.45, 2.75) is 26.8 Å². The minimum Gasteiger partial charge on any atom is -0.330 e. The first-order valence-corrected chi connectivity index (χ1v) is 5.17. The average molecular weight is 214 g/mol. The lowest BCUT2D eigenvalue weighted by Gasteiger charge is -2.05. The number of nitrogens with zero attached hydrogens (tertiary/aromatic N) is 2. The highest BCUT2D eigenvalue weighted by molar-refractivity contribution is 6.32. The predicted octanol–water partition coefficient (Wildman–Crippen LogP) is 2.31. The minimum atomic E-state index is 0.662. The summed E-state index contributed by atoms with van der Waals surface area (Å²) in [4.78, 5) is 0. The number of rotatable bonds is 4. The van der Waals surface area contributed by atoms with Gasteiger partial charge in [0.1, 0.15) is 0 Å². The van der Waals surface area contributed by atoms with Crippen LogP contribution in [-0.4, -0.2) is 16.3 Å². The molecule has 0 aliphatic carbocycles. The van der Waals surface area contributed by atoms with Gasteiger partial charge in [-0.05, 0) is 32.4 Å². The number of aromatic nitrogens is 2. The summed E-state index contributed by atoms with van der Waals surface area (Å²) < 4.78 is 1.89. The van der Waals surface area contributed by atoms with Crippen LogP contribution in [0.4, 0.5) is 0 Å². The van der Waals surface area contributed by atoms with Gasteiger partial charge in [0, 0.05) is 6.54 Å². The molecule has 1 aromatic rings. The highest BCUT2D eigenvalue weighted by Gasteiger charge is 2.08. The van der Waals surface area contributed by atoms with Gasteiger partial charge < -0.3 is 5.73 Å². The van der Waals surface area contributed by atoms with Crippen molar-refractivity contribution in [1.82, 2.24) is 9.78 Å². The van der Waals surface area contributed by atoms with Gasteiger partial charge in [0.05, 0.1) is 16.9 Å². The molecule has 0 aromatic carbocycles. The van der Waals surface area contributed by atoms with Crippen molar-refractivity contribution in [2.24, 2.45) is 5.73 Å². The molecule has 0 spiro atoms. The molecule has 0 unspecified atom stereocenters. The summed E-state index contributed by atoms with van der Waals surface area (Å²) in [5, 5.41) is 4.88. The first-order valence-electron chi connectivity index (χ1n) is 4.79. The van der Waals surface area contributed by atoms with Crippen LogP contribution in [-0.2, 0) is 6.54 Å². The van der Waals surface area contributed by atoms with Gasteiger partial charge in [-0.1, -0.05) is 17.7 Å². The number of hydrogen-bond acceptors (Lipinski definition) is 2. The fraction of sp³-hybridized carbons (Fsp3) is 0.500. The molecule has 0 aliphatic heterocycles. The van der Waals surface area contributed by atoms with E-state index >= 15 is 0 Å². The first-order chi connectivity index (χ1) is 6.70. The Labute approximate surface area is 89.5 Å². The Hall–Kier alpha value is -0.800. The molecule has 14 heavy (non-hydrogen) atoms. The Morgan fingerprint density at radius 1 is 1.71 bits per heavy atom. The maximum absolute atomic E-state index is 6.04. The van der Waals surface area contributed by atoms with Crippen LogP contribution in [0.5, 0.6) is 0 Å². The van der Waals surface area contributed by atoms with Gasteiger partial charge in [0.15, 0.2) is 0 Å². The lowest BCUT2D eigenvalue weighted by atomic mass is 10.2. The van der Waals surface area contributed by atoms with E-state index in [-0.39, 0.29) is 0 Å². The third-order valence-corrected chi connectivity index (χ3v) is 2.36. The molecule has 1 rings (SSSR count). The zero-order valence-corrected chi connectivity index (χ0v) is 9.38. The molecule has 0 radical (unpaired) electrons. The monoisotopic (exact) mass is 213 g/mol. The molecule has 2 N–H and O–H groups in total. The fourth-order valence-electron chi connectivity index (χ4n) is 1.39. The summed E-state index contributed by atoms with van der Waals surface area (Å²) in [5.74, 6) is 0. The summed E-state index contributed by atoms with van der Waals surface area (Å²) in [7, 11) is 0. The van der Waals surface area contributed by atoms with Gasteiger partial charge in [-0.15, -0.1) is 0 Å². The highest BCUT2D eigenvalue weighted by Crippen LogP contribution is 2.23. The van der Waals surface area contributed by atoms with Crippen molar-refractivity contribution >= 4 is 17.2 Å². The van der Waals surface area contributed by atoms with Crippen molar-refractivity contribution in [3.05, 3.63) is 23.0 Å². The van der Waals surface area contributed by atoms with Crippen LogP contribution in [0.3, 0.4) is 0 Å². The van der Waals surface area contributed by atoms with Crippen LogP contribution in [0.2, 0.25) is 5.02 Å². The van der Waals surface area contributed by atoms with E-state index < -0.39 is 0 Å². The van der Waals surface area contributed by atoms with Crippen molar-refractivity contribution in [2.75, 3.05) is 6.54 Å². The van der Waals surface area contributed by atoms with Gasteiger partial charge in [-0.3, -0.25) is 4.68 Å². The number of halogens is 1. The van der Waals surface area contributed by atoms with Crippen LogP contribution in [0.25, 0.3) is 5.57 Å². The molecule has 0 saturated heterocycles. The van der Waals surface area contributed by atoms with Crippen LogP contribution < -0.4 is 5.73 Å². The molecule has 0 aliphatic rings. The van der Waals surface area contributed by atoms with E-state index in [1.165, 1.54) is 0 Å². The minimum absolute atomic E-state index is 0.662. The zero-order valence-electron chi connectivity index (χ0n) is 8.63. The SMILES string of the molecule is CCn1ncc(Cl)c1C(C)=CCCN. The van der Waals surface area contributed by atoms with Crippen LogP contribution >= 0.6 is 11.6 Å². The lowest BCUT2D eigenvalue weighted by Crippen LogP contribution is -2.02.